The van der Waals surface area contributed by atoms with Crippen LogP contribution in [0.15, 0.2) is 12.3 Å². The molecule has 0 aromatic carbocycles. The van der Waals surface area contributed by atoms with E-state index in [1.54, 1.807) is 0 Å². The molecule has 0 saturated heterocycles. The average Bonchev–Trinajstić information content (AvgIpc) is 1.94. The minimum atomic E-state index is -2.88. The van der Waals surface area contributed by atoms with Crippen molar-refractivity contribution in [3.8, 4) is 5.75 Å². The summed E-state index contributed by atoms with van der Waals surface area (Å²) in [4.78, 5) is 2.97. The Morgan fingerprint density at radius 3 is 2.55 bits per heavy atom. The number of pyridine rings is 1. The molecule has 0 unspecified atom stereocenters. The first kappa shape index (κ1) is 7.84. The number of hydrogen-bond acceptors (Lipinski definition) is 2. The SMILES string of the molecule is Oc1cnc(F)cc1C(F)F. The van der Waals surface area contributed by atoms with Gasteiger partial charge in [-0.1, -0.05) is 0 Å². The monoisotopic (exact) mass is 163 g/mol. The van der Waals surface area contributed by atoms with Gasteiger partial charge in [0.05, 0.1) is 11.8 Å². The van der Waals surface area contributed by atoms with Gasteiger partial charge in [0, 0.05) is 6.07 Å². The summed E-state index contributed by atoms with van der Waals surface area (Å²) in [6.07, 6.45) is -2.23. The number of alkyl halides is 2. The molecule has 1 N–H and O–H groups in total. The first-order valence-electron chi connectivity index (χ1n) is 2.74. The first-order valence-corrected chi connectivity index (χ1v) is 2.74. The highest BCUT2D eigenvalue weighted by atomic mass is 19.3. The van der Waals surface area contributed by atoms with Gasteiger partial charge in [-0.2, -0.15) is 4.39 Å². The molecule has 1 aromatic rings. The Kier molecular flexibility index (Phi) is 1.98. The van der Waals surface area contributed by atoms with Crippen LogP contribution >= 0.6 is 0 Å². The van der Waals surface area contributed by atoms with Crippen molar-refractivity contribution in [1.82, 2.24) is 4.98 Å². The lowest BCUT2D eigenvalue weighted by atomic mass is 10.2. The Balaban J connectivity index is 3.13. The highest BCUT2D eigenvalue weighted by Gasteiger charge is 2.13. The van der Waals surface area contributed by atoms with Crippen molar-refractivity contribution in [1.29, 1.82) is 0 Å². The lowest BCUT2D eigenvalue weighted by molar-refractivity contribution is 0.146. The highest BCUT2D eigenvalue weighted by Crippen LogP contribution is 2.26. The fourth-order valence-corrected chi connectivity index (χ4v) is 0.612. The van der Waals surface area contributed by atoms with Gasteiger partial charge in [-0.25, -0.2) is 13.8 Å². The van der Waals surface area contributed by atoms with E-state index in [2.05, 4.69) is 4.98 Å². The molecule has 60 valence electrons. The summed E-state index contributed by atoms with van der Waals surface area (Å²) in [6, 6.07) is 0.500. The van der Waals surface area contributed by atoms with E-state index in [1.807, 2.05) is 0 Å². The van der Waals surface area contributed by atoms with Crippen molar-refractivity contribution in [2.75, 3.05) is 0 Å². The molecule has 11 heavy (non-hydrogen) atoms. The minimum absolute atomic E-state index is 0.500. The Hall–Kier alpha value is -1.26. The Morgan fingerprint density at radius 1 is 1.45 bits per heavy atom. The number of rotatable bonds is 1. The predicted molar refractivity (Wildman–Crippen MR) is 30.8 cm³/mol. The van der Waals surface area contributed by atoms with E-state index < -0.39 is 23.7 Å². The van der Waals surface area contributed by atoms with Crippen molar-refractivity contribution in [3.63, 3.8) is 0 Å². The van der Waals surface area contributed by atoms with Gasteiger partial charge in [0.15, 0.2) is 0 Å². The molecular formula is C6H4F3NO. The van der Waals surface area contributed by atoms with Crippen LogP contribution in [0.2, 0.25) is 0 Å². The quantitative estimate of drug-likeness (QED) is 0.641. The van der Waals surface area contributed by atoms with Crippen LogP contribution < -0.4 is 0 Å². The zero-order valence-corrected chi connectivity index (χ0v) is 5.26. The molecule has 0 fully saturated rings. The standard InChI is InChI=1S/C6H4F3NO/c7-5-1-3(6(8)9)4(11)2-10-5/h1-2,6,11H. The molecule has 2 nitrogen and oxygen atoms in total. The minimum Gasteiger partial charge on any atom is -0.506 e. The van der Waals surface area contributed by atoms with Gasteiger partial charge in [0.2, 0.25) is 5.95 Å². The molecule has 1 rings (SSSR count). The molecule has 5 heteroatoms. The van der Waals surface area contributed by atoms with Crippen molar-refractivity contribution < 1.29 is 18.3 Å². The van der Waals surface area contributed by atoms with E-state index in [9.17, 15) is 13.2 Å². The molecule has 0 amide bonds. The second-order valence-electron chi connectivity index (χ2n) is 1.87. The molecule has 0 aliphatic heterocycles. The van der Waals surface area contributed by atoms with Crippen molar-refractivity contribution in [3.05, 3.63) is 23.8 Å². The van der Waals surface area contributed by atoms with E-state index in [4.69, 9.17) is 5.11 Å². The summed E-state index contributed by atoms with van der Waals surface area (Å²) in [5, 5.41) is 8.70. The molecule has 0 radical (unpaired) electrons. The fraction of sp³-hybridized carbons (Fsp3) is 0.167. The van der Waals surface area contributed by atoms with Crippen molar-refractivity contribution in [2.24, 2.45) is 0 Å². The third-order valence-corrected chi connectivity index (χ3v) is 1.12. The molecule has 0 aliphatic carbocycles. The highest BCUT2D eigenvalue weighted by molar-refractivity contribution is 5.29. The fourth-order valence-electron chi connectivity index (χ4n) is 0.612. The van der Waals surface area contributed by atoms with Gasteiger partial charge < -0.3 is 5.11 Å². The summed E-state index contributed by atoms with van der Waals surface area (Å²) in [5.41, 5.74) is -0.738. The van der Waals surface area contributed by atoms with E-state index in [0.29, 0.717) is 12.3 Å². The van der Waals surface area contributed by atoms with E-state index in [1.165, 1.54) is 0 Å². The topological polar surface area (TPSA) is 33.1 Å². The number of aromatic nitrogens is 1. The predicted octanol–water partition coefficient (Wildman–Crippen LogP) is 1.86. The number of halogens is 3. The first-order chi connectivity index (χ1) is 5.11. The zero-order chi connectivity index (χ0) is 8.43. The summed E-state index contributed by atoms with van der Waals surface area (Å²) in [5.74, 6) is -1.72. The summed E-state index contributed by atoms with van der Waals surface area (Å²) >= 11 is 0. The molecule has 0 bridgehead atoms. The maximum atomic E-state index is 12.2. The van der Waals surface area contributed by atoms with Crippen LogP contribution in [0.4, 0.5) is 13.2 Å². The van der Waals surface area contributed by atoms with Crippen LogP contribution in [0, 0.1) is 5.95 Å². The Morgan fingerprint density at radius 2 is 2.09 bits per heavy atom. The van der Waals surface area contributed by atoms with Crippen molar-refractivity contribution >= 4 is 0 Å². The van der Waals surface area contributed by atoms with Crippen LogP contribution in [-0.4, -0.2) is 10.1 Å². The Labute approximate surface area is 60.3 Å². The second kappa shape index (κ2) is 2.77. The normalized spacial score (nSPS) is 10.5. The molecule has 1 aromatic heterocycles. The summed E-state index contributed by atoms with van der Waals surface area (Å²) in [7, 11) is 0. The number of nitrogens with zero attached hydrogens (tertiary/aromatic N) is 1. The summed E-state index contributed by atoms with van der Waals surface area (Å²) < 4.78 is 35.9. The van der Waals surface area contributed by atoms with Gasteiger partial charge in [0.25, 0.3) is 6.43 Å². The number of hydrogen-bond donors (Lipinski definition) is 1. The Bertz CT molecular complexity index is 264. The smallest absolute Gasteiger partial charge is 0.267 e. The van der Waals surface area contributed by atoms with Crippen LogP contribution in [0.3, 0.4) is 0 Å². The lowest BCUT2D eigenvalue weighted by Crippen LogP contribution is -1.89. The van der Waals surface area contributed by atoms with Gasteiger partial charge in [-0.05, 0) is 0 Å². The van der Waals surface area contributed by atoms with Crippen LogP contribution in [0.25, 0.3) is 0 Å². The molecule has 0 atom stereocenters. The van der Waals surface area contributed by atoms with E-state index in [-0.39, 0.29) is 0 Å². The zero-order valence-electron chi connectivity index (χ0n) is 5.26. The van der Waals surface area contributed by atoms with Crippen molar-refractivity contribution in [2.45, 2.75) is 6.43 Å². The second-order valence-corrected chi connectivity index (χ2v) is 1.87. The lowest BCUT2D eigenvalue weighted by Gasteiger charge is -2.00. The largest absolute Gasteiger partial charge is 0.506 e. The molecular weight excluding hydrogens is 159 g/mol. The number of aromatic hydroxyl groups is 1. The maximum absolute atomic E-state index is 12.2. The average molecular weight is 163 g/mol. The van der Waals surface area contributed by atoms with Crippen LogP contribution in [0.1, 0.15) is 12.0 Å². The molecule has 0 aliphatic rings. The molecule has 0 saturated carbocycles. The van der Waals surface area contributed by atoms with Gasteiger partial charge in [-0.3, -0.25) is 0 Å². The third kappa shape index (κ3) is 1.60. The molecule has 1 heterocycles. The maximum Gasteiger partial charge on any atom is 0.267 e. The molecule has 0 spiro atoms. The van der Waals surface area contributed by atoms with E-state index >= 15 is 0 Å². The summed E-state index contributed by atoms with van der Waals surface area (Å²) in [6.45, 7) is 0. The van der Waals surface area contributed by atoms with Gasteiger partial charge >= 0.3 is 0 Å². The van der Waals surface area contributed by atoms with Crippen LogP contribution in [0.5, 0.6) is 5.75 Å². The van der Waals surface area contributed by atoms with Gasteiger partial charge in [0.1, 0.15) is 5.75 Å². The van der Waals surface area contributed by atoms with Crippen LogP contribution in [-0.2, 0) is 0 Å². The van der Waals surface area contributed by atoms with E-state index in [0.717, 1.165) is 0 Å². The third-order valence-electron chi connectivity index (χ3n) is 1.12. The van der Waals surface area contributed by atoms with Gasteiger partial charge in [-0.15, -0.1) is 0 Å².